The Kier molecular flexibility index (Phi) is 10.5. The number of amides is 1. The van der Waals surface area contributed by atoms with Crippen LogP contribution in [0.2, 0.25) is 10.0 Å². The van der Waals surface area contributed by atoms with Crippen molar-refractivity contribution in [1.29, 1.82) is 0 Å². The number of aromatic nitrogens is 5. The summed E-state index contributed by atoms with van der Waals surface area (Å²) in [6.07, 6.45) is 5.07. The molecule has 12 nitrogen and oxygen atoms in total. The SMILES string of the molecule is CC1=C(c2c(Cl)ccc3c(CCCOc4cc(C)c(Cl)c(C)c4)c4n(c23)CCN(c2cn(C)c3ccc(-c5ncn(C)n5)cc23)C4=O)C(C)N=C(CN2CCOCC2)N1. The maximum absolute atomic E-state index is 15.2. The van der Waals surface area contributed by atoms with E-state index in [2.05, 4.69) is 67.7 Å². The van der Waals surface area contributed by atoms with E-state index in [0.29, 0.717) is 49.1 Å². The number of morpholine rings is 1. The van der Waals surface area contributed by atoms with Crippen molar-refractivity contribution in [1.82, 2.24) is 34.1 Å². The number of amidine groups is 1. The number of fused-ring (bicyclic) bond motifs is 4. The van der Waals surface area contributed by atoms with Crippen molar-refractivity contribution < 1.29 is 14.3 Å². The van der Waals surface area contributed by atoms with E-state index in [1.54, 1.807) is 11.0 Å². The molecule has 1 saturated heterocycles. The number of nitrogens with zero attached hydrogens (tertiary/aromatic N) is 8. The number of carbonyl (C=O) groups is 1. The molecule has 0 bridgehead atoms. The van der Waals surface area contributed by atoms with Gasteiger partial charge in [-0.05, 0) is 93.6 Å². The van der Waals surface area contributed by atoms with Gasteiger partial charge < -0.3 is 28.8 Å². The van der Waals surface area contributed by atoms with Gasteiger partial charge in [0.1, 0.15) is 23.6 Å². The van der Waals surface area contributed by atoms with Gasteiger partial charge in [0, 0.05) is 90.2 Å². The van der Waals surface area contributed by atoms with E-state index in [-0.39, 0.29) is 11.9 Å². The van der Waals surface area contributed by atoms with Gasteiger partial charge in [-0.1, -0.05) is 29.3 Å². The van der Waals surface area contributed by atoms with Gasteiger partial charge in [-0.25, -0.2) is 4.98 Å². The molecule has 0 radical (unpaired) electrons. The molecule has 1 N–H and O–H groups in total. The van der Waals surface area contributed by atoms with Gasteiger partial charge in [-0.15, -0.1) is 0 Å². The summed E-state index contributed by atoms with van der Waals surface area (Å²) in [6.45, 7) is 13.7. The Hall–Kier alpha value is -5.14. The van der Waals surface area contributed by atoms with Crippen molar-refractivity contribution in [2.45, 2.75) is 53.1 Å². The summed E-state index contributed by atoms with van der Waals surface area (Å²) in [4.78, 5) is 29.2. The highest BCUT2D eigenvalue weighted by Crippen LogP contribution is 2.43. The minimum absolute atomic E-state index is 0.0467. The number of aryl methyl sites for hydroxylation is 5. The molecule has 14 heteroatoms. The lowest BCUT2D eigenvalue weighted by Gasteiger charge is -2.32. The summed E-state index contributed by atoms with van der Waals surface area (Å²) in [5.74, 6) is 2.32. The summed E-state index contributed by atoms with van der Waals surface area (Å²) < 4.78 is 17.9. The van der Waals surface area contributed by atoms with Gasteiger partial charge in [0.05, 0.1) is 48.6 Å². The number of anilines is 1. The largest absolute Gasteiger partial charge is 0.494 e. The first-order valence-electron chi connectivity index (χ1n) is 20.3. The number of aliphatic imine (C=N–C) groups is 1. The summed E-state index contributed by atoms with van der Waals surface area (Å²) in [5.41, 5.74) is 10.3. The fraction of sp³-hybridized carbons (Fsp3) is 0.378. The van der Waals surface area contributed by atoms with E-state index in [0.717, 1.165) is 116 Å². The first kappa shape index (κ1) is 39.3. The molecule has 0 spiro atoms. The molecule has 0 aliphatic carbocycles. The monoisotopic (exact) mass is 833 g/mol. The third-order valence-corrected chi connectivity index (χ3v) is 12.8. The molecule has 1 atom stereocenters. The fourth-order valence-electron chi connectivity index (χ4n) is 9.13. The van der Waals surface area contributed by atoms with E-state index < -0.39 is 0 Å². The first-order valence-corrected chi connectivity index (χ1v) is 21.1. The zero-order chi connectivity index (χ0) is 41.1. The Morgan fingerprint density at radius 1 is 0.966 bits per heavy atom. The fourth-order valence-corrected chi connectivity index (χ4v) is 9.49. The molecule has 6 aromatic rings. The highest BCUT2D eigenvalue weighted by Gasteiger charge is 2.36. The lowest BCUT2D eigenvalue weighted by molar-refractivity contribution is 0.0450. The van der Waals surface area contributed by atoms with Crippen molar-refractivity contribution >= 4 is 68.0 Å². The van der Waals surface area contributed by atoms with Crippen molar-refractivity contribution in [3.8, 4) is 17.1 Å². The number of carbonyl (C=O) groups excluding carboxylic acids is 1. The van der Waals surface area contributed by atoms with E-state index in [1.807, 2.05) is 57.1 Å². The molecule has 9 rings (SSSR count). The number of hydrogen-bond donors (Lipinski definition) is 1. The van der Waals surface area contributed by atoms with Crippen LogP contribution in [0.3, 0.4) is 0 Å². The number of halogens is 2. The molecule has 6 heterocycles. The van der Waals surface area contributed by atoms with E-state index in [1.165, 1.54) is 0 Å². The topological polar surface area (TPSA) is 107 Å². The molecular formula is C45H49Cl2N9O3. The average Bonchev–Trinajstić information content (AvgIpc) is 3.89. The van der Waals surface area contributed by atoms with Crippen LogP contribution in [0, 0.1) is 13.8 Å². The molecular weight excluding hydrogens is 785 g/mol. The maximum Gasteiger partial charge on any atom is 0.275 e. The van der Waals surface area contributed by atoms with E-state index in [9.17, 15) is 0 Å². The Morgan fingerprint density at radius 2 is 1.75 bits per heavy atom. The lowest BCUT2D eigenvalue weighted by atomic mass is 9.93. The molecule has 1 amide bonds. The first-order chi connectivity index (χ1) is 28.5. The second-order valence-corrected chi connectivity index (χ2v) is 16.8. The number of rotatable bonds is 10. The molecule has 1 unspecified atom stereocenters. The third kappa shape index (κ3) is 7.19. The normalized spacial score (nSPS) is 17.6. The lowest BCUT2D eigenvalue weighted by Crippen LogP contribution is -2.44. The summed E-state index contributed by atoms with van der Waals surface area (Å²) in [7, 11) is 3.88. The Morgan fingerprint density at radius 3 is 2.47 bits per heavy atom. The standard InChI is InChI=1S/C45H49Cl2N9O3/c1-26-20-31(21-27(2)41(26)47)59-17-7-8-32-33-10-11-35(46)40(39-28(3)49-38(50-29(39)4)24-54-15-18-58-19-16-54)42(33)56-14-13-55(45(57)43(32)56)37-23-52(5)36-12-9-30(22-34(36)37)44-48-25-53(6)51-44/h9-12,20-23,25,28H,7-8,13-19,24H2,1-6H3,(H,49,50). The number of hydrogen-bond acceptors (Lipinski definition) is 8. The number of ether oxygens (including phenoxy) is 2. The van der Waals surface area contributed by atoms with E-state index >= 15 is 4.79 Å². The van der Waals surface area contributed by atoms with Gasteiger partial charge in [0.25, 0.3) is 5.91 Å². The second kappa shape index (κ2) is 15.8. The van der Waals surface area contributed by atoms with Crippen LogP contribution in [-0.2, 0) is 31.8 Å². The maximum atomic E-state index is 15.2. The van der Waals surface area contributed by atoms with Crippen molar-refractivity contribution in [2.75, 3.05) is 50.9 Å². The molecule has 0 saturated carbocycles. The molecule has 3 aliphatic heterocycles. The van der Waals surface area contributed by atoms with Crippen LogP contribution in [-0.4, -0.2) is 92.6 Å². The van der Waals surface area contributed by atoms with Gasteiger partial charge in [-0.2, -0.15) is 5.10 Å². The molecule has 3 aromatic heterocycles. The minimum atomic E-state index is -0.154. The second-order valence-electron chi connectivity index (χ2n) is 16.0. The Bertz CT molecular complexity index is 2680. The van der Waals surface area contributed by atoms with Gasteiger partial charge in [0.15, 0.2) is 5.82 Å². The van der Waals surface area contributed by atoms with Crippen molar-refractivity contribution in [2.24, 2.45) is 19.1 Å². The minimum Gasteiger partial charge on any atom is -0.494 e. The Balaban J connectivity index is 1.11. The Labute approximate surface area is 354 Å². The smallest absolute Gasteiger partial charge is 0.275 e. The molecule has 306 valence electrons. The highest BCUT2D eigenvalue weighted by atomic mass is 35.5. The van der Waals surface area contributed by atoms with Crippen LogP contribution >= 0.6 is 23.2 Å². The van der Waals surface area contributed by atoms with Crippen molar-refractivity contribution in [3.63, 3.8) is 0 Å². The number of nitrogens with one attached hydrogen (secondary N) is 1. The van der Waals surface area contributed by atoms with Crippen LogP contribution in [0.15, 0.2) is 65.7 Å². The van der Waals surface area contributed by atoms with Crippen LogP contribution in [0.4, 0.5) is 5.69 Å². The average molecular weight is 835 g/mol. The summed E-state index contributed by atoms with van der Waals surface area (Å²) in [6, 6.07) is 14.1. The number of benzene rings is 3. The van der Waals surface area contributed by atoms with Gasteiger partial charge in [0.2, 0.25) is 0 Å². The van der Waals surface area contributed by atoms with Crippen LogP contribution < -0.4 is 15.0 Å². The zero-order valence-corrected chi connectivity index (χ0v) is 35.9. The predicted octanol–water partition coefficient (Wildman–Crippen LogP) is 7.98. The van der Waals surface area contributed by atoms with Gasteiger partial charge >= 0.3 is 0 Å². The third-order valence-electron chi connectivity index (χ3n) is 11.9. The van der Waals surface area contributed by atoms with Crippen LogP contribution in [0.1, 0.15) is 53.0 Å². The van der Waals surface area contributed by atoms with Crippen LogP contribution in [0.5, 0.6) is 5.75 Å². The summed E-state index contributed by atoms with van der Waals surface area (Å²) in [5, 5.41) is 11.6. The molecule has 3 aromatic carbocycles. The summed E-state index contributed by atoms with van der Waals surface area (Å²) >= 11 is 13.7. The predicted molar refractivity (Wildman–Crippen MR) is 236 cm³/mol. The molecule has 59 heavy (non-hydrogen) atoms. The zero-order valence-electron chi connectivity index (χ0n) is 34.4. The highest BCUT2D eigenvalue weighted by molar-refractivity contribution is 6.34. The molecule has 1 fully saturated rings. The quantitative estimate of drug-likeness (QED) is 0.140. The molecule has 3 aliphatic rings. The van der Waals surface area contributed by atoms with Crippen LogP contribution in [0.25, 0.3) is 38.8 Å². The number of allylic oxidation sites excluding steroid dienone is 1. The van der Waals surface area contributed by atoms with Crippen molar-refractivity contribution in [3.05, 3.63) is 98.7 Å². The van der Waals surface area contributed by atoms with Gasteiger partial charge in [-0.3, -0.25) is 19.4 Å². The van der Waals surface area contributed by atoms with E-state index in [4.69, 9.17) is 37.7 Å².